The van der Waals surface area contributed by atoms with Crippen LogP contribution in [-0.2, 0) is 6.18 Å². The molecule has 1 rings (SSSR count). The molecule has 0 radical (unpaired) electrons. The van der Waals surface area contributed by atoms with Gasteiger partial charge in [0.1, 0.15) is 11.3 Å². The van der Waals surface area contributed by atoms with Gasteiger partial charge in [0.05, 0.1) is 5.02 Å². The van der Waals surface area contributed by atoms with Crippen molar-refractivity contribution in [1.82, 2.24) is 0 Å². The van der Waals surface area contributed by atoms with E-state index in [9.17, 15) is 22.0 Å². The molecule has 1 nitrogen and oxygen atoms in total. The third-order valence-electron chi connectivity index (χ3n) is 1.56. The summed E-state index contributed by atoms with van der Waals surface area (Å²) in [5.74, 6) is -0.979. The van der Waals surface area contributed by atoms with Crippen LogP contribution >= 0.6 is 34.2 Å². The molecular formula is C8H3ClF5IO. The Morgan fingerprint density at radius 2 is 1.81 bits per heavy atom. The first kappa shape index (κ1) is 13.8. The molecule has 1 aromatic rings. The minimum Gasteiger partial charge on any atom is -0.434 e. The van der Waals surface area contributed by atoms with Crippen LogP contribution in [0.15, 0.2) is 12.1 Å². The maximum absolute atomic E-state index is 12.5. The SMILES string of the molecule is FC(F)Oc1ccc(I)c(Cl)c1C(F)(F)F. The van der Waals surface area contributed by atoms with Crippen molar-refractivity contribution < 1.29 is 26.7 Å². The molecular weight excluding hydrogens is 369 g/mol. The highest BCUT2D eigenvalue weighted by atomic mass is 127. The molecule has 90 valence electrons. The Labute approximate surface area is 106 Å². The van der Waals surface area contributed by atoms with Crippen molar-refractivity contribution in [2.45, 2.75) is 12.8 Å². The van der Waals surface area contributed by atoms with Crippen LogP contribution in [0.5, 0.6) is 5.75 Å². The van der Waals surface area contributed by atoms with E-state index in [4.69, 9.17) is 11.6 Å². The number of halogens is 7. The Morgan fingerprint density at radius 3 is 2.25 bits per heavy atom. The first-order valence-corrected chi connectivity index (χ1v) is 5.19. The molecule has 0 aromatic heterocycles. The first-order valence-electron chi connectivity index (χ1n) is 3.73. The lowest BCUT2D eigenvalue weighted by Gasteiger charge is -2.15. The van der Waals surface area contributed by atoms with E-state index in [1.807, 2.05) is 0 Å². The van der Waals surface area contributed by atoms with Gasteiger partial charge in [-0.15, -0.1) is 0 Å². The molecule has 1 aromatic carbocycles. The Hall–Kier alpha value is -0.310. The summed E-state index contributed by atoms with van der Waals surface area (Å²) in [4.78, 5) is 0. The standard InChI is InChI=1S/C8H3ClF5IO/c9-6-3(15)1-2-4(16-7(10)11)5(6)8(12,13)14/h1-2,7H. The number of rotatable bonds is 2. The van der Waals surface area contributed by atoms with Crippen LogP contribution in [0.25, 0.3) is 0 Å². The molecule has 0 bridgehead atoms. The summed E-state index contributed by atoms with van der Waals surface area (Å²) in [6, 6.07) is 1.97. The highest BCUT2D eigenvalue weighted by Crippen LogP contribution is 2.43. The number of hydrogen-bond donors (Lipinski definition) is 0. The lowest BCUT2D eigenvalue weighted by atomic mass is 10.2. The fourth-order valence-electron chi connectivity index (χ4n) is 0.991. The van der Waals surface area contributed by atoms with Gasteiger partial charge in [-0.3, -0.25) is 0 Å². The van der Waals surface area contributed by atoms with E-state index < -0.39 is 29.1 Å². The van der Waals surface area contributed by atoms with Crippen molar-refractivity contribution in [3.05, 3.63) is 26.3 Å². The number of benzene rings is 1. The molecule has 0 atom stereocenters. The van der Waals surface area contributed by atoms with Crippen molar-refractivity contribution in [2.75, 3.05) is 0 Å². The van der Waals surface area contributed by atoms with Gasteiger partial charge in [-0.25, -0.2) is 0 Å². The van der Waals surface area contributed by atoms with Gasteiger partial charge in [0.2, 0.25) is 0 Å². The van der Waals surface area contributed by atoms with E-state index in [1.165, 1.54) is 0 Å². The zero-order chi connectivity index (χ0) is 12.5. The molecule has 8 heteroatoms. The maximum atomic E-state index is 12.5. The van der Waals surface area contributed by atoms with Crippen molar-refractivity contribution >= 4 is 34.2 Å². The van der Waals surface area contributed by atoms with Crippen LogP contribution in [0, 0.1) is 3.57 Å². The Bertz CT molecular complexity index is 393. The van der Waals surface area contributed by atoms with E-state index in [2.05, 4.69) is 4.74 Å². The average molecular weight is 372 g/mol. The summed E-state index contributed by atoms with van der Waals surface area (Å²) in [6.45, 7) is -3.34. The highest BCUT2D eigenvalue weighted by molar-refractivity contribution is 14.1. The van der Waals surface area contributed by atoms with E-state index in [0.29, 0.717) is 0 Å². The minimum absolute atomic E-state index is 0.105. The Kier molecular flexibility index (Phi) is 4.22. The second kappa shape index (κ2) is 4.91. The van der Waals surface area contributed by atoms with Gasteiger partial charge in [-0.1, -0.05) is 11.6 Å². The molecule has 0 aliphatic rings. The molecule has 0 spiro atoms. The molecule has 0 saturated carbocycles. The molecule has 0 N–H and O–H groups in total. The summed E-state index contributed by atoms with van der Waals surface area (Å²) in [6.07, 6.45) is -4.84. The van der Waals surface area contributed by atoms with Crippen molar-refractivity contribution in [2.24, 2.45) is 0 Å². The number of ether oxygens (including phenoxy) is 1. The van der Waals surface area contributed by atoms with Crippen LogP contribution in [0.2, 0.25) is 5.02 Å². The van der Waals surface area contributed by atoms with Gasteiger partial charge >= 0.3 is 12.8 Å². The van der Waals surface area contributed by atoms with E-state index in [-0.39, 0.29) is 3.57 Å². The maximum Gasteiger partial charge on any atom is 0.421 e. The fraction of sp³-hybridized carbons (Fsp3) is 0.250. The van der Waals surface area contributed by atoms with Gasteiger partial charge in [-0.2, -0.15) is 22.0 Å². The fourth-order valence-corrected chi connectivity index (χ4v) is 1.70. The largest absolute Gasteiger partial charge is 0.434 e. The number of alkyl halides is 5. The summed E-state index contributed by atoms with van der Waals surface area (Å²) >= 11 is 6.98. The van der Waals surface area contributed by atoms with Crippen LogP contribution < -0.4 is 4.74 Å². The molecule has 0 fully saturated rings. The molecule has 0 aliphatic heterocycles. The first-order chi connectivity index (χ1) is 7.23. The Balaban J connectivity index is 3.33. The minimum atomic E-state index is -4.84. The molecule has 0 aliphatic carbocycles. The molecule has 0 saturated heterocycles. The molecule has 0 heterocycles. The predicted octanol–water partition coefficient (Wildman–Crippen LogP) is 4.56. The van der Waals surface area contributed by atoms with Gasteiger partial charge < -0.3 is 4.74 Å². The van der Waals surface area contributed by atoms with Crippen molar-refractivity contribution in [3.8, 4) is 5.75 Å². The van der Waals surface area contributed by atoms with Crippen LogP contribution in [0.4, 0.5) is 22.0 Å². The normalized spacial score (nSPS) is 12.0. The summed E-state index contributed by atoms with van der Waals surface area (Å²) in [5, 5.41) is -0.647. The zero-order valence-electron chi connectivity index (χ0n) is 7.29. The molecule has 0 unspecified atom stereocenters. The Morgan fingerprint density at radius 1 is 1.25 bits per heavy atom. The van der Waals surface area contributed by atoms with Crippen LogP contribution in [0.3, 0.4) is 0 Å². The summed E-state index contributed by atoms with van der Waals surface area (Å²) in [5.41, 5.74) is -1.39. The average Bonchev–Trinajstić information content (AvgIpc) is 2.08. The highest BCUT2D eigenvalue weighted by Gasteiger charge is 2.38. The van der Waals surface area contributed by atoms with E-state index in [1.54, 1.807) is 22.6 Å². The zero-order valence-corrected chi connectivity index (χ0v) is 10.2. The quantitative estimate of drug-likeness (QED) is 0.546. The second-order valence-corrected chi connectivity index (χ2v) is 4.15. The smallest absolute Gasteiger partial charge is 0.421 e. The lowest BCUT2D eigenvalue weighted by molar-refractivity contribution is -0.141. The monoisotopic (exact) mass is 372 g/mol. The van der Waals surface area contributed by atoms with E-state index >= 15 is 0 Å². The third-order valence-corrected chi connectivity index (χ3v) is 3.17. The van der Waals surface area contributed by atoms with Gasteiger partial charge in [0.25, 0.3) is 0 Å². The number of hydrogen-bond acceptors (Lipinski definition) is 1. The topological polar surface area (TPSA) is 9.23 Å². The van der Waals surface area contributed by atoms with Gasteiger partial charge in [0, 0.05) is 3.57 Å². The predicted molar refractivity (Wildman–Crippen MR) is 55.8 cm³/mol. The van der Waals surface area contributed by atoms with Crippen molar-refractivity contribution in [1.29, 1.82) is 0 Å². The molecule has 0 amide bonds. The van der Waals surface area contributed by atoms with Gasteiger partial charge in [-0.05, 0) is 34.7 Å². The van der Waals surface area contributed by atoms with Crippen molar-refractivity contribution in [3.63, 3.8) is 0 Å². The van der Waals surface area contributed by atoms with Crippen LogP contribution in [0.1, 0.15) is 5.56 Å². The molecule has 16 heavy (non-hydrogen) atoms. The third kappa shape index (κ3) is 3.09. The summed E-state index contributed by atoms with van der Waals surface area (Å²) in [7, 11) is 0. The van der Waals surface area contributed by atoms with Crippen LogP contribution in [-0.4, -0.2) is 6.61 Å². The second-order valence-electron chi connectivity index (χ2n) is 2.61. The summed E-state index contributed by atoms with van der Waals surface area (Å²) < 4.78 is 65.2. The lowest BCUT2D eigenvalue weighted by Crippen LogP contribution is -2.12. The van der Waals surface area contributed by atoms with E-state index in [0.717, 1.165) is 12.1 Å². The van der Waals surface area contributed by atoms with Gasteiger partial charge in [0.15, 0.2) is 0 Å².